The van der Waals surface area contributed by atoms with Crippen molar-refractivity contribution in [2.45, 2.75) is 38.4 Å². The molecule has 1 aromatic carbocycles. The lowest BCUT2D eigenvalue weighted by atomic mass is 10.2. The third-order valence-electron chi connectivity index (χ3n) is 3.77. The number of rotatable bonds is 7. The van der Waals surface area contributed by atoms with Gasteiger partial charge in [0, 0.05) is 12.6 Å². The first-order valence-corrected chi connectivity index (χ1v) is 7.74. The van der Waals surface area contributed by atoms with E-state index in [4.69, 9.17) is 18.9 Å². The number of hydrogen-bond donors (Lipinski definition) is 1. The van der Waals surface area contributed by atoms with Gasteiger partial charge in [0.25, 0.3) is 0 Å². The van der Waals surface area contributed by atoms with Crippen molar-refractivity contribution in [2.75, 3.05) is 26.5 Å². The molecule has 2 unspecified atom stereocenters. The van der Waals surface area contributed by atoms with Gasteiger partial charge in [-0.05, 0) is 37.9 Å². The normalized spacial score (nSPS) is 23.5. The summed E-state index contributed by atoms with van der Waals surface area (Å²) in [6.45, 7) is 5.04. The minimum Gasteiger partial charge on any atom is -0.491 e. The van der Waals surface area contributed by atoms with E-state index in [9.17, 15) is 0 Å². The molecule has 1 N–H and O–H groups in total. The Hall–Kier alpha value is -1.46. The highest BCUT2D eigenvalue weighted by Crippen LogP contribution is 2.35. The summed E-state index contributed by atoms with van der Waals surface area (Å²) in [5.41, 5.74) is 0. The summed E-state index contributed by atoms with van der Waals surface area (Å²) < 4.78 is 22.4. The zero-order valence-electron chi connectivity index (χ0n) is 12.5. The van der Waals surface area contributed by atoms with Gasteiger partial charge in [0.15, 0.2) is 11.5 Å². The van der Waals surface area contributed by atoms with Gasteiger partial charge in [-0.15, -0.1) is 0 Å². The van der Waals surface area contributed by atoms with E-state index < -0.39 is 0 Å². The average molecular weight is 293 g/mol. The van der Waals surface area contributed by atoms with Crippen molar-refractivity contribution in [3.63, 3.8) is 0 Å². The molecular weight excluding hydrogens is 270 g/mol. The van der Waals surface area contributed by atoms with Crippen LogP contribution >= 0.6 is 0 Å². The number of benzene rings is 1. The Morgan fingerprint density at radius 3 is 2.95 bits per heavy atom. The molecule has 0 saturated carbocycles. The number of fused-ring (bicyclic) bond motifs is 1. The van der Waals surface area contributed by atoms with Crippen LogP contribution in [0.4, 0.5) is 0 Å². The number of nitrogens with one attached hydrogen (secondary N) is 1. The topological polar surface area (TPSA) is 49.0 Å². The molecule has 0 spiro atoms. The van der Waals surface area contributed by atoms with E-state index in [-0.39, 0.29) is 12.9 Å². The summed E-state index contributed by atoms with van der Waals surface area (Å²) in [7, 11) is 0. The van der Waals surface area contributed by atoms with Crippen LogP contribution in [0, 0.1) is 0 Å². The van der Waals surface area contributed by atoms with E-state index in [2.05, 4.69) is 12.2 Å². The van der Waals surface area contributed by atoms with Crippen LogP contribution in [-0.4, -0.2) is 38.7 Å². The van der Waals surface area contributed by atoms with Gasteiger partial charge in [-0.25, -0.2) is 0 Å². The Morgan fingerprint density at radius 1 is 1.19 bits per heavy atom. The summed E-state index contributed by atoms with van der Waals surface area (Å²) in [5, 5.41) is 3.40. The molecule has 1 aromatic rings. The maximum absolute atomic E-state index is 5.98. The van der Waals surface area contributed by atoms with E-state index in [0.29, 0.717) is 12.7 Å². The van der Waals surface area contributed by atoms with E-state index in [1.807, 2.05) is 18.2 Å². The van der Waals surface area contributed by atoms with E-state index >= 15 is 0 Å². The van der Waals surface area contributed by atoms with Crippen LogP contribution in [0.5, 0.6) is 17.2 Å². The largest absolute Gasteiger partial charge is 0.491 e. The van der Waals surface area contributed by atoms with E-state index in [1.54, 1.807) is 0 Å². The van der Waals surface area contributed by atoms with Crippen LogP contribution in [0.2, 0.25) is 0 Å². The van der Waals surface area contributed by atoms with Crippen LogP contribution in [0.1, 0.15) is 26.2 Å². The number of ether oxygens (including phenoxy) is 4. The Morgan fingerprint density at radius 2 is 2.05 bits per heavy atom. The number of hydrogen-bond acceptors (Lipinski definition) is 5. The molecule has 5 nitrogen and oxygen atoms in total. The molecule has 2 atom stereocenters. The average Bonchev–Trinajstić information content (AvgIpc) is 3.13. The summed E-state index contributed by atoms with van der Waals surface area (Å²) in [6.07, 6.45) is 3.82. The molecule has 0 radical (unpaired) electrons. The van der Waals surface area contributed by atoms with Crippen LogP contribution in [0.3, 0.4) is 0 Å². The van der Waals surface area contributed by atoms with Crippen molar-refractivity contribution in [2.24, 2.45) is 0 Å². The van der Waals surface area contributed by atoms with Gasteiger partial charge in [-0.3, -0.25) is 0 Å². The van der Waals surface area contributed by atoms with Crippen LogP contribution in [0.25, 0.3) is 0 Å². The molecule has 0 amide bonds. The summed E-state index contributed by atoms with van der Waals surface area (Å²) in [5.74, 6) is 2.33. The smallest absolute Gasteiger partial charge is 0.231 e. The second-order valence-corrected chi connectivity index (χ2v) is 5.49. The van der Waals surface area contributed by atoms with Crippen LogP contribution < -0.4 is 19.5 Å². The highest BCUT2D eigenvalue weighted by Gasteiger charge is 2.25. The van der Waals surface area contributed by atoms with Gasteiger partial charge >= 0.3 is 0 Å². The lowest BCUT2D eigenvalue weighted by Gasteiger charge is -2.15. The molecular formula is C16H23NO4. The van der Waals surface area contributed by atoms with Crippen molar-refractivity contribution < 1.29 is 18.9 Å². The molecule has 2 aliphatic heterocycles. The molecule has 2 heterocycles. The quantitative estimate of drug-likeness (QED) is 0.782. The maximum Gasteiger partial charge on any atom is 0.231 e. The second-order valence-electron chi connectivity index (χ2n) is 5.49. The summed E-state index contributed by atoms with van der Waals surface area (Å²) in [6, 6.07) is 5.66. The van der Waals surface area contributed by atoms with Crippen molar-refractivity contribution >= 4 is 0 Å². The highest BCUT2D eigenvalue weighted by atomic mass is 16.7. The minimum absolute atomic E-state index is 0.184. The molecule has 0 aliphatic carbocycles. The van der Waals surface area contributed by atoms with Crippen molar-refractivity contribution in [3.05, 3.63) is 18.2 Å². The molecule has 5 heteroatoms. The van der Waals surface area contributed by atoms with Gasteiger partial charge in [0.1, 0.15) is 12.4 Å². The third kappa shape index (κ3) is 3.80. The molecule has 0 aromatic heterocycles. The lowest BCUT2D eigenvalue weighted by molar-refractivity contribution is 0.0186. The second kappa shape index (κ2) is 7.00. The van der Waals surface area contributed by atoms with Crippen molar-refractivity contribution in [3.8, 4) is 17.2 Å². The first kappa shape index (κ1) is 14.5. The Bertz CT molecular complexity index is 466. The van der Waals surface area contributed by atoms with Crippen LogP contribution in [-0.2, 0) is 4.74 Å². The Balaban J connectivity index is 1.41. The maximum atomic E-state index is 5.98. The Labute approximate surface area is 125 Å². The zero-order chi connectivity index (χ0) is 14.5. The monoisotopic (exact) mass is 293 g/mol. The first-order valence-electron chi connectivity index (χ1n) is 7.74. The Kier molecular flexibility index (Phi) is 4.83. The fraction of sp³-hybridized carbons (Fsp3) is 0.625. The lowest BCUT2D eigenvalue weighted by Crippen LogP contribution is -2.28. The molecule has 2 aliphatic rings. The fourth-order valence-electron chi connectivity index (χ4n) is 2.65. The predicted molar refractivity (Wildman–Crippen MR) is 79.1 cm³/mol. The van der Waals surface area contributed by atoms with Gasteiger partial charge in [0.2, 0.25) is 6.79 Å². The van der Waals surface area contributed by atoms with Crippen molar-refractivity contribution in [1.82, 2.24) is 5.32 Å². The molecule has 1 saturated heterocycles. The summed E-state index contributed by atoms with van der Waals surface area (Å²) >= 11 is 0. The molecule has 1 fully saturated rings. The third-order valence-corrected chi connectivity index (χ3v) is 3.77. The van der Waals surface area contributed by atoms with Crippen LogP contribution in [0.15, 0.2) is 18.2 Å². The first-order chi connectivity index (χ1) is 10.3. The van der Waals surface area contributed by atoms with Gasteiger partial charge < -0.3 is 24.3 Å². The van der Waals surface area contributed by atoms with E-state index in [1.165, 1.54) is 0 Å². The van der Waals surface area contributed by atoms with Gasteiger partial charge in [0.05, 0.1) is 12.2 Å². The van der Waals surface area contributed by atoms with E-state index in [0.717, 1.165) is 49.6 Å². The molecule has 116 valence electrons. The zero-order valence-corrected chi connectivity index (χ0v) is 12.5. The molecule has 21 heavy (non-hydrogen) atoms. The minimum atomic E-state index is 0.184. The molecule has 0 bridgehead atoms. The summed E-state index contributed by atoms with van der Waals surface area (Å²) in [4.78, 5) is 0. The molecule has 3 rings (SSSR count). The van der Waals surface area contributed by atoms with Crippen molar-refractivity contribution in [1.29, 1.82) is 0 Å². The van der Waals surface area contributed by atoms with Gasteiger partial charge in [-0.1, -0.05) is 6.92 Å². The standard InChI is InChI=1S/C16H23NO4/c1-2-7-17-9-13-3-4-14(21-13)10-18-12-5-6-15-16(8-12)20-11-19-15/h5-6,8,13-14,17H,2-4,7,9-11H2,1H3. The SMILES string of the molecule is CCCNCC1CCC(COc2ccc3c(c2)OCO3)O1. The fourth-order valence-corrected chi connectivity index (χ4v) is 2.65. The highest BCUT2D eigenvalue weighted by molar-refractivity contribution is 5.46. The van der Waals surface area contributed by atoms with Gasteiger partial charge in [-0.2, -0.15) is 0 Å². The predicted octanol–water partition coefficient (Wildman–Crippen LogP) is 2.34.